The molecule has 0 spiro atoms. The van der Waals surface area contributed by atoms with E-state index in [2.05, 4.69) is 10.6 Å². The van der Waals surface area contributed by atoms with Crippen LogP contribution in [0.2, 0.25) is 5.02 Å². The van der Waals surface area contributed by atoms with Crippen LogP contribution in [0.15, 0.2) is 52.0 Å². The first kappa shape index (κ1) is 18.3. The number of carbonyl (C=O) groups is 1. The van der Waals surface area contributed by atoms with Crippen molar-refractivity contribution in [3.8, 4) is 11.6 Å². The second-order valence-electron chi connectivity index (χ2n) is 5.71. The lowest BCUT2D eigenvalue weighted by Crippen LogP contribution is -2.35. The van der Waals surface area contributed by atoms with E-state index in [-0.39, 0.29) is 16.7 Å². The molecule has 3 rings (SSSR count). The van der Waals surface area contributed by atoms with Gasteiger partial charge in [0.25, 0.3) is 5.03 Å². The molecule has 0 unspecified atom stereocenters. The van der Waals surface area contributed by atoms with Crippen LogP contribution in [0.4, 0.5) is 5.69 Å². The summed E-state index contributed by atoms with van der Waals surface area (Å²) in [5.41, 5.74) is 3.31. The van der Waals surface area contributed by atoms with Crippen molar-refractivity contribution in [2.75, 3.05) is 11.1 Å². The largest absolute Gasteiger partial charge is 0.538 e. The Hall–Kier alpha value is -2.51. The molecule has 0 fully saturated rings. The van der Waals surface area contributed by atoms with E-state index < -0.39 is 5.95 Å². The average molecular weight is 390 g/mol. The van der Waals surface area contributed by atoms with Crippen molar-refractivity contribution in [1.82, 2.24) is 5.27 Å². The number of aryl methyl sites for hydroxylation is 2. The van der Waals surface area contributed by atoms with Gasteiger partial charge in [-0.3, -0.25) is 4.79 Å². The number of nitrogens with one attached hydrogen (secondary N) is 1. The van der Waals surface area contributed by atoms with E-state index in [0.717, 1.165) is 22.9 Å². The summed E-state index contributed by atoms with van der Waals surface area (Å²) in [6.07, 6.45) is 0. The maximum atomic E-state index is 12.2. The summed E-state index contributed by atoms with van der Waals surface area (Å²) < 4.78 is 6.14. The summed E-state index contributed by atoms with van der Waals surface area (Å²) in [4.78, 5) is 12.2. The number of hydrogen-bond acceptors (Lipinski definition) is 5. The fourth-order valence-electron chi connectivity index (χ4n) is 2.21. The van der Waals surface area contributed by atoms with Gasteiger partial charge in [-0.15, -0.1) is 0 Å². The van der Waals surface area contributed by atoms with Crippen molar-refractivity contribution in [2.45, 2.75) is 18.9 Å². The zero-order chi connectivity index (χ0) is 18.7. The summed E-state index contributed by atoms with van der Waals surface area (Å²) in [7, 11) is 0. The Morgan fingerprint density at radius 1 is 1.27 bits per heavy atom. The number of halogens is 1. The summed E-state index contributed by atoms with van der Waals surface area (Å²) in [5.74, 6) is -0.805. The predicted octanol–water partition coefficient (Wildman–Crippen LogP) is 3.03. The molecule has 0 aliphatic rings. The Balaban J connectivity index is 1.69. The highest BCUT2D eigenvalue weighted by Gasteiger charge is 2.22. The average Bonchev–Trinajstić information content (AvgIpc) is 2.98. The van der Waals surface area contributed by atoms with Gasteiger partial charge in [-0.05, 0) is 48.0 Å². The molecule has 8 heteroatoms. The summed E-state index contributed by atoms with van der Waals surface area (Å²) in [6.45, 7) is 3.85. The molecule has 134 valence electrons. The van der Waals surface area contributed by atoms with Gasteiger partial charge in [-0.25, -0.2) is 0 Å². The van der Waals surface area contributed by atoms with Crippen LogP contribution in [0, 0.1) is 13.8 Å². The van der Waals surface area contributed by atoms with Gasteiger partial charge in [0.2, 0.25) is 11.6 Å². The Kier molecular flexibility index (Phi) is 5.49. The molecule has 6 nitrogen and oxygen atoms in total. The molecule has 0 radical (unpaired) electrons. The molecule has 1 aromatic heterocycles. The summed E-state index contributed by atoms with van der Waals surface area (Å²) >= 11 is 7.12. The van der Waals surface area contributed by atoms with Gasteiger partial charge in [0.1, 0.15) is 0 Å². The highest BCUT2D eigenvalue weighted by Crippen LogP contribution is 2.24. The molecule has 26 heavy (non-hydrogen) atoms. The maximum absolute atomic E-state index is 12.2. The van der Waals surface area contributed by atoms with Crippen LogP contribution in [0.5, 0.6) is 5.95 Å². The van der Waals surface area contributed by atoms with Crippen molar-refractivity contribution in [2.24, 2.45) is 0 Å². The van der Waals surface area contributed by atoms with E-state index in [4.69, 9.17) is 16.1 Å². The SMILES string of the molecule is Cc1ccc(-[n+]2noc([O-])c2SCC(=O)Nc2ccc(C)c(Cl)c2)cc1. The van der Waals surface area contributed by atoms with Crippen molar-refractivity contribution < 1.29 is 19.1 Å². The van der Waals surface area contributed by atoms with E-state index in [9.17, 15) is 9.90 Å². The molecular formula is C18H16ClN3O3S. The smallest absolute Gasteiger partial charge is 0.298 e. The van der Waals surface area contributed by atoms with E-state index in [1.54, 1.807) is 12.1 Å². The molecule has 1 amide bonds. The highest BCUT2D eigenvalue weighted by molar-refractivity contribution is 7.99. The molecule has 0 atom stereocenters. The lowest BCUT2D eigenvalue weighted by Gasteiger charge is -2.06. The van der Waals surface area contributed by atoms with Gasteiger partial charge in [0.05, 0.1) is 11.0 Å². The molecule has 0 saturated heterocycles. The summed E-state index contributed by atoms with van der Waals surface area (Å²) in [6, 6.07) is 12.8. The Labute approximate surface area is 159 Å². The van der Waals surface area contributed by atoms with Crippen LogP contribution in [-0.4, -0.2) is 16.9 Å². The van der Waals surface area contributed by atoms with Crippen molar-refractivity contribution in [3.05, 3.63) is 58.6 Å². The van der Waals surface area contributed by atoms with Gasteiger partial charge in [0.15, 0.2) is 5.95 Å². The normalized spacial score (nSPS) is 10.7. The minimum atomic E-state index is -0.582. The first-order valence-corrected chi connectivity index (χ1v) is 9.15. The van der Waals surface area contributed by atoms with Gasteiger partial charge in [-0.1, -0.05) is 35.4 Å². The lowest BCUT2D eigenvalue weighted by atomic mass is 10.2. The third-order valence-electron chi connectivity index (χ3n) is 3.65. The third-order valence-corrected chi connectivity index (χ3v) is 5.07. The van der Waals surface area contributed by atoms with Gasteiger partial charge >= 0.3 is 0 Å². The summed E-state index contributed by atoms with van der Waals surface area (Å²) in [5, 5.41) is 19.2. The van der Waals surface area contributed by atoms with E-state index in [1.165, 1.54) is 4.68 Å². The van der Waals surface area contributed by atoms with E-state index in [1.807, 2.05) is 44.2 Å². The van der Waals surface area contributed by atoms with E-state index in [0.29, 0.717) is 16.4 Å². The zero-order valence-electron chi connectivity index (χ0n) is 14.2. The van der Waals surface area contributed by atoms with Crippen LogP contribution in [0.25, 0.3) is 5.69 Å². The van der Waals surface area contributed by atoms with Crippen LogP contribution < -0.4 is 15.1 Å². The second-order valence-corrected chi connectivity index (χ2v) is 7.08. The molecule has 0 aliphatic carbocycles. The van der Waals surface area contributed by atoms with Crippen LogP contribution in [0.1, 0.15) is 11.1 Å². The Morgan fingerprint density at radius 3 is 2.69 bits per heavy atom. The fraction of sp³-hybridized carbons (Fsp3) is 0.167. The first-order valence-electron chi connectivity index (χ1n) is 7.79. The number of nitrogens with zero attached hydrogens (tertiary/aromatic N) is 2. The van der Waals surface area contributed by atoms with Crippen molar-refractivity contribution >= 4 is 35.0 Å². The van der Waals surface area contributed by atoms with Crippen molar-refractivity contribution in [1.29, 1.82) is 0 Å². The maximum Gasteiger partial charge on any atom is 0.298 e. The molecule has 0 aliphatic heterocycles. The van der Waals surface area contributed by atoms with E-state index >= 15 is 0 Å². The van der Waals surface area contributed by atoms with Gasteiger partial charge < -0.3 is 14.9 Å². The quantitative estimate of drug-likeness (QED) is 0.535. The standard InChI is InChI=1S/C18H16ClN3O3S/c1-11-3-7-14(8-4-11)22-17(18(24)25-21-22)26-10-16(23)20-13-6-5-12(2)15(19)9-13/h3-9H,10H2,1-2H3,(H-,20,21,23,24). The first-order chi connectivity index (χ1) is 12.4. The van der Waals surface area contributed by atoms with Crippen LogP contribution in [0.3, 0.4) is 0 Å². The lowest BCUT2D eigenvalue weighted by molar-refractivity contribution is -0.705. The molecule has 0 bridgehead atoms. The number of rotatable bonds is 5. The van der Waals surface area contributed by atoms with Gasteiger partial charge in [-0.2, -0.15) is 0 Å². The zero-order valence-corrected chi connectivity index (χ0v) is 15.7. The molecule has 1 heterocycles. The second kappa shape index (κ2) is 7.80. The van der Waals surface area contributed by atoms with Crippen molar-refractivity contribution in [3.63, 3.8) is 0 Å². The number of amides is 1. The Morgan fingerprint density at radius 2 is 2.00 bits per heavy atom. The fourth-order valence-corrected chi connectivity index (χ4v) is 3.15. The number of carbonyl (C=O) groups excluding carboxylic acids is 1. The molecule has 2 aromatic carbocycles. The predicted molar refractivity (Wildman–Crippen MR) is 97.8 cm³/mol. The number of aromatic nitrogens is 2. The molecule has 3 aromatic rings. The topological polar surface area (TPSA) is 82.1 Å². The minimum Gasteiger partial charge on any atom is -0.538 e. The van der Waals surface area contributed by atoms with Crippen LogP contribution in [-0.2, 0) is 4.79 Å². The number of hydrogen-bond donors (Lipinski definition) is 1. The number of benzene rings is 2. The monoisotopic (exact) mass is 389 g/mol. The molecule has 1 N–H and O–H groups in total. The van der Waals surface area contributed by atoms with Crippen LogP contribution >= 0.6 is 23.4 Å². The van der Waals surface area contributed by atoms with Gasteiger partial charge in [0, 0.05) is 22.8 Å². The third kappa shape index (κ3) is 4.17. The molecular weight excluding hydrogens is 374 g/mol. The molecule has 0 saturated carbocycles. The number of anilines is 1. The minimum absolute atomic E-state index is 0.0355. The Bertz CT molecular complexity index is 941. The highest BCUT2D eigenvalue weighted by atomic mass is 35.5. The number of thioether (sulfide) groups is 1.